The molecular weight excluding hydrogens is 250 g/mol. The third kappa shape index (κ3) is 1.62. The van der Waals surface area contributed by atoms with Gasteiger partial charge in [0, 0.05) is 11.3 Å². The average Bonchev–Trinajstić information content (AvgIpc) is 2.40. The van der Waals surface area contributed by atoms with Crippen molar-refractivity contribution in [3.63, 3.8) is 0 Å². The summed E-state index contributed by atoms with van der Waals surface area (Å²) in [5, 5.41) is 1.14. The fourth-order valence-electron chi connectivity index (χ4n) is 2.67. The maximum Gasteiger partial charge on any atom is 0.196 e. The number of nitrogens with one attached hydrogen (secondary N) is 1. The van der Waals surface area contributed by atoms with Gasteiger partial charge in [-0.1, -0.05) is 11.6 Å². The highest BCUT2D eigenvalue weighted by molar-refractivity contribution is 6.35. The molecular formula is C14H14ClNO2. The third-order valence-corrected chi connectivity index (χ3v) is 3.90. The van der Waals surface area contributed by atoms with E-state index in [9.17, 15) is 4.79 Å². The van der Waals surface area contributed by atoms with Gasteiger partial charge >= 0.3 is 0 Å². The first-order valence-electron chi connectivity index (χ1n) is 6.12. The number of halogens is 1. The van der Waals surface area contributed by atoms with Gasteiger partial charge in [0.25, 0.3) is 0 Å². The molecule has 1 aromatic heterocycles. The Morgan fingerprint density at radius 3 is 2.83 bits per heavy atom. The van der Waals surface area contributed by atoms with Crippen LogP contribution in [0.15, 0.2) is 16.9 Å². The van der Waals surface area contributed by atoms with Crippen LogP contribution in [0, 0.1) is 0 Å². The summed E-state index contributed by atoms with van der Waals surface area (Å²) in [6, 6.07) is 3.50. The van der Waals surface area contributed by atoms with Crippen LogP contribution in [0.3, 0.4) is 0 Å². The Bertz CT molecular complexity index is 676. The fourth-order valence-corrected chi connectivity index (χ4v) is 2.88. The molecule has 0 amide bonds. The molecule has 0 aliphatic heterocycles. The van der Waals surface area contributed by atoms with Gasteiger partial charge in [0.2, 0.25) is 0 Å². The predicted octanol–water partition coefficient (Wildman–Crippen LogP) is 3.07. The Morgan fingerprint density at radius 2 is 2.06 bits per heavy atom. The molecule has 1 aliphatic carbocycles. The first kappa shape index (κ1) is 11.6. The molecule has 0 unspecified atom stereocenters. The second-order valence-electron chi connectivity index (χ2n) is 4.62. The molecule has 0 saturated heterocycles. The van der Waals surface area contributed by atoms with E-state index in [1.165, 1.54) is 0 Å². The van der Waals surface area contributed by atoms with Crippen molar-refractivity contribution in [3.8, 4) is 5.75 Å². The largest absolute Gasteiger partial charge is 0.496 e. The molecule has 1 N–H and O–H groups in total. The van der Waals surface area contributed by atoms with Gasteiger partial charge in [-0.25, -0.2) is 0 Å². The van der Waals surface area contributed by atoms with Crippen LogP contribution >= 0.6 is 11.6 Å². The maximum absolute atomic E-state index is 12.5. The van der Waals surface area contributed by atoms with Gasteiger partial charge in [0.1, 0.15) is 5.75 Å². The highest BCUT2D eigenvalue weighted by Crippen LogP contribution is 2.30. The van der Waals surface area contributed by atoms with Crippen molar-refractivity contribution in [2.24, 2.45) is 0 Å². The molecule has 3 nitrogen and oxygen atoms in total. The van der Waals surface area contributed by atoms with Gasteiger partial charge < -0.3 is 9.72 Å². The average molecular weight is 264 g/mol. The molecule has 2 aromatic rings. The van der Waals surface area contributed by atoms with E-state index in [0.717, 1.165) is 36.9 Å². The zero-order chi connectivity index (χ0) is 12.7. The first-order valence-corrected chi connectivity index (χ1v) is 6.50. The SMILES string of the molecule is COc1ccc(Cl)c2[nH]c3c(c(=O)c12)CCCC3. The number of rotatable bonds is 1. The summed E-state index contributed by atoms with van der Waals surface area (Å²) in [5.74, 6) is 0.587. The van der Waals surface area contributed by atoms with E-state index in [4.69, 9.17) is 16.3 Å². The number of fused-ring (bicyclic) bond motifs is 2. The van der Waals surface area contributed by atoms with Crippen molar-refractivity contribution in [3.05, 3.63) is 38.6 Å². The van der Waals surface area contributed by atoms with Gasteiger partial charge in [-0.05, 0) is 37.8 Å². The molecule has 0 spiro atoms. The molecule has 1 heterocycles. The maximum atomic E-state index is 12.5. The molecule has 18 heavy (non-hydrogen) atoms. The molecule has 4 heteroatoms. The molecule has 0 bridgehead atoms. The Kier molecular flexibility index (Phi) is 2.78. The molecule has 1 aromatic carbocycles. The lowest BCUT2D eigenvalue weighted by atomic mass is 9.94. The van der Waals surface area contributed by atoms with Crippen molar-refractivity contribution in [2.45, 2.75) is 25.7 Å². The lowest BCUT2D eigenvalue weighted by molar-refractivity contribution is 0.419. The second-order valence-corrected chi connectivity index (χ2v) is 5.03. The van der Waals surface area contributed by atoms with Gasteiger partial charge in [0.15, 0.2) is 5.43 Å². The van der Waals surface area contributed by atoms with Crippen LogP contribution in [0.5, 0.6) is 5.75 Å². The van der Waals surface area contributed by atoms with Gasteiger partial charge in [-0.3, -0.25) is 4.79 Å². The summed E-state index contributed by atoms with van der Waals surface area (Å²) in [5.41, 5.74) is 2.70. The van der Waals surface area contributed by atoms with E-state index in [2.05, 4.69) is 4.98 Å². The number of hydrogen-bond donors (Lipinski definition) is 1. The summed E-state index contributed by atoms with van der Waals surface area (Å²) in [4.78, 5) is 15.9. The van der Waals surface area contributed by atoms with Crippen LogP contribution in [0.2, 0.25) is 5.02 Å². The topological polar surface area (TPSA) is 42.1 Å². The van der Waals surface area contributed by atoms with E-state index in [0.29, 0.717) is 21.7 Å². The quantitative estimate of drug-likeness (QED) is 0.859. The smallest absolute Gasteiger partial charge is 0.196 e. The summed E-state index contributed by atoms with van der Waals surface area (Å²) in [6.07, 6.45) is 3.96. The minimum absolute atomic E-state index is 0.0674. The van der Waals surface area contributed by atoms with E-state index >= 15 is 0 Å². The van der Waals surface area contributed by atoms with Crippen molar-refractivity contribution in [1.82, 2.24) is 4.98 Å². The second kappa shape index (κ2) is 4.32. The van der Waals surface area contributed by atoms with Crippen molar-refractivity contribution in [2.75, 3.05) is 7.11 Å². The van der Waals surface area contributed by atoms with Crippen LogP contribution in [-0.4, -0.2) is 12.1 Å². The van der Waals surface area contributed by atoms with Crippen LogP contribution in [0.4, 0.5) is 0 Å². The summed E-state index contributed by atoms with van der Waals surface area (Å²) in [6.45, 7) is 0. The summed E-state index contributed by atoms with van der Waals surface area (Å²) >= 11 is 6.17. The van der Waals surface area contributed by atoms with Gasteiger partial charge in [-0.15, -0.1) is 0 Å². The number of pyridine rings is 1. The van der Waals surface area contributed by atoms with Crippen LogP contribution in [0.1, 0.15) is 24.1 Å². The highest BCUT2D eigenvalue weighted by atomic mass is 35.5. The number of hydrogen-bond acceptors (Lipinski definition) is 2. The van der Waals surface area contributed by atoms with Crippen LogP contribution < -0.4 is 10.2 Å². The molecule has 0 atom stereocenters. The monoisotopic (exact) mass is 263 g/mol. The van der Waals surface area contributed by atoms with Crippen LogP contribution in [0.25, 0.3) is 10.9 Å². The molecule has 0 radical (unpaired) electrons. The number of methoxy groups -OCH3 is 1. The lowest BCUT2D eigenvalue weighted by Crippen LogP contribution is -2.19. The van der Waals surface area contributed by atoms with E-state index in [1.54, 1.807) is 19.2 Å². The number of aromatic amines is 1. The number of aryl methyl sites for hydroxylation is 1. The standard InChI is InChI=1S/C14H14ClNO2/c1-18-11-7-6-9(15)13-12(11)14(17)8-4-2-3-5-10(8)16-13/h6-7H,2-5H2,1H3,(H,16,17). The predicted molar refractivity (Wildman–Crippen MR) is 72.8 cm³/mol. The molecule has 3 rings (SSSR count). The number of aromatic nitrogens is 1. The number of H-pyrrole nitrogens is 1. The van der Waals surface area contributed by atoms with Crippen molar-refractivity contribution >= 4 is 22.5 Å². The lowest BCUT2D eigenvalue weighted by Gasteiger charge is -2.17. The Labute approximate surface area is 110 Å². The highest BCUT2D eigenvalue weighted by Gasteiger charge is 2.19. The first-order chi connectivity index (χ1) is 8.72. The zero-order valence-corrected chi connectivity index (χ0v) is 10.9. The van der Waals surface area contributed by atoms with E-state index in [-0.39, 0.29) is 5.43 Å². The van der Waals surface area contributed by atoms with E-state index in [1.807, 2.05) is 0 Å². The normalized spacial score (nSPS) is 14.6. The van der Waals surface area contributed by atoms with Crippen molar-refractivity contribution in [1.29, 1.82) is 0 Å². The molecule has 0 saturated carbocycles. The molecule has 94 valence electrons. The minimum Gasteiger partial charge on any atom is -0.496 e. The number of benzene rings is 1. The molecule has 0 fully saturated rings. The van der Waals surface area contributed by atoms with Crippen LogP contribution in [-0.2, 0) is 12.8 Å². The Balaban J connectivity index is 2.45. The fraction of sp³-hybridized carbons (Fsp3) is 0.357. The Hall–Kier alpha value is -1.48. The van der Waals surface area contributed by atoms with Crippen molar-refractivity contribution < 1.29 is 4.74 Å². The summed E-state index contributed by atoms with van der Waals surface area (Å²) in [7, 11) is 1.57. The minimum atomic E-state index is 0.0674. The number of ether oxygens (including phenoxy) is 1. The zero-order valence-electron chi connectivity index (χ0n) is 10.2. The van der Waals surface area contributed by atoms with E-state index < -0.39 is 0 Å². The van der Waals surface area contributed by atoms with Gasteiger partial charge in [0.05, 0.1) is 23.0 Å². The third-order valence-electron chi connectivity index (χ3n) is 3.58. The van der Waals surface area contributed by atoms with Gasteiger partial charge in [-0.2, -0.15) is 0 Å². The molecule has 1 aliphatic rings. The summed E-state index contributed by atoms with van der Waals surface area (Å²) < 4.78 is 5.28. The Morgan fingerprint density at radius 1 is 1.28 bits per heavy atom.